The summed E-state index contributed by atoms with van der Waals surface area (Å²) in [6.45, 7) is 0. The van der Waals surface area contributed by atoms with Crippen LogP contribution in [0.5, 0.6) is 0 Å². The molecule has 3 aromatic rings. The standard InChI is InChI=1S/C20H14ClNO3/c21-16-7-5-14-6-9-17(22-18(14)11-16)8-4-13-2-1-3-15(10-13)19(23)12-20(24)25/h1-11H,12H2,(H,24,25)/b8-4+. The first-order valence-corrected chi connectivity index (χ1v) is 7.98. The molecule has 2 aromatic carbocycles. The predicted molar refractivity (Wildman–Crippen MR) is 98.7 cm³/mol. The lowest BCUT2D eigenvalue weighted by atomic mass is 10.0. The second-order valence-corrected chi connectivity index (χ2v) is 5.96. The van der Waals surface area contributed by atoms with E-state index in [0.717, 1.165) is 22.2 Å². The normalized spacial score (nSPS) is 11.1. The number of carboxylic acid groups (broad SMARTS) is 1. The number of pyridine rings is 1. The second kappa shape index (κ2) is 7.28. The zero-order valence-corrected chi connectivity index (χ0v) is 13.9. The molecule has 1 N–H and O–H groups in total. The minimum atomic E-state index is -1.13. The molecule has 25 heavy (non-hydrogen) atoms. The molecule has 1 heterocycles. The number of carbonyl (C=O) groups excluding carboxylic acids is 1. The summed E-state index contributed by atoms with van der Waals surface area (Å²) in [7, 11) is 0. The number of halogens is 1. The second-order valence-electron chi connectivity index (χ2n) is 5.53. The fourth-order valence-electron chi connectivity index (χ4n) is 2.44. The van der Waals surface area contributed by atoms with Gasteiger partial charge in [-0.1, -0.05) is 48.0 Å². The van der Waals surface area contributed by atoms with E-state index in [4.69, 9.17) is 16.7 Å². The Morgan fingerprint density at radius 1 is 1.04 bits per heavy atom. The number of nitrogens with zero attached hydrogens (tertiary/aromatic N) is 1. The van der Waals surface area contributed by atoms with Crippen LogP contribution in [-0.4, -0.2) is 21.8 Å². The van der Waals surface area contributed by atoms with Gasteiger partial charge in [0.05, 0.1) is 11.2 Å². The van der Waals surface area contributed by atoms with E-state index in [1.807, 2.05) is 42.5 Å². The Kier molecular flexibility index (Phi) is 4.91. The fraction of sp³-hybridized carbons (Fsp3) is 0.0500. The van der Waals surface area contributed by atoms with E-state index < -0.39 is 18.2 Å². The van der Waals surface area contributed by atoms with E-state index in [2.05, 4.69) is 4.98 Å². The summed E-state index contributed by atoms with van der Waals surface area (Å²) in [5.41, 5.74) is 2.74. The zero-order chi connectivity index (χ0) is 17.8. The van der Waals surface area contributed by atoms with Crippen LogP contribution in [0.25, 0.3) is 23.1 Å². The number of Topliss-reactive ketones (excluding diaryl/α,β-unsaturated/α-hetero) is 1. The van der Waals surface area contributed by atoms with Gasteiger partial charge in [-0.2, -0.15) is 0 Å². The van der Waals surface area contributed by atoms with Gasteiger partial charge >= 0.3 is 5.97 Å². The Balaban J connectivity index is 1.84. The van der Waals surface area contributed by atoms with Gasteiger partial charge in [-0.25, -0.2) is 4.98 Å². The van der Waals surface area contributed by atoms with Crippen LogP contribution < -0.4 is 0 Å². The average molecular weight is 352 g/mol. The summed E-state index contributed by atoms with van der Waals surface area (Å²) in [5.74, 6) is -1.55. The number of hydrogen-bond acceptors (Lipinski definition) is 3. The highest BCUT2D eigenvalue weighted by atomic mass is 35.5. The first-order chi connectivity index (χ1) is 12.0. The molecule has 0 aliphatic carbocycles. The molecule has 0 atom stereocenters. The van der Waals surface area contributed by atoms with Crippen molar-refractivity contribution in [3.8, 4) is 0 Å². The van der Waals surface area contributed by atoms with Crippen molar-refractivity contribution >= 4 is 46.4 Å². The first kappa shape index (κ1) is 16.9. The summed E-state index contributed by atoms with van der Waals surface area (Å²) < 4.78 is 0. The average Bonchev–Trinajstić information content (AvgIpc) is 2.59. The molecule has 124 valence electrons. The van der Waals surface area contributed by atoms with Crippen LogP contribution in [-0.2, 0) is 4.79 Å². The Hall–Kier alpha value is -2.98. The summed E-state index contributed by atoms with van der Waals surface area (Å²) in [5, 5.41) is 10.4. The molecule has 0 unspecified atom stereocenters. The van der Waals surface area contributed by atoms with Gasteiger partial charge in [0.1, 0.15) is 6.42 Å². The van der Waals surface area contributed by atoms with Crippen LogP contribution in [0.4, 0.5) is 0 Å². The van der Waals surface area contributed by atoms with E-state index in [-0.39, 0.29) is 0 Å². The first-order valence-electron chi connectivity index (χ1n) is 7.61. The number of aromatic nitrogens is 1. The summed E-state index contributed by atoms with van der Waals surface area (Å²) in [6, 6.07) is 16.2. The lowest BCUT2D eigenvalue weighted by molar-refractivity contribution is -0.135. The van der Waals surface area contributed by atoms with Crippen LogP contribution in [0.3, 0.4) is 0 Å². The SMILES string of the molecule is O=C(O)CC(=O)c1cccc(/C=C/c2ccc3ccc(Cl)cc3n2)c1. The van der Waals surface area contributed by atoms with Crippen LogP contribution in [0.2, 0.25) is 5.02 Å². The molecule has 5 heteroatoms. The van der Waals surface area contributed by atoms with Crippen LogP contribution in [0.1, 0.15) is 28.0 Å². The van der Waals surface area contributed by atoms with Gasteiger partial charge in [0.15, 0.2) is 5.78 Å². The number of carboxylic acids is 1. The highest BCUT2D eigenvalue weighted by molar-refractivity contribution is 6.31. The molecule has 0 fully saturated rings. The number of benzene rings is 2. The van der Waals surface area contributed by atoms with Crippen molar-refractivity contribution in [2.75, 3.05) is 0 Å². The van der Waals surface area contributed by atoms with E-state index in [9.17, 15) is 9.59 Å². The van der Waals surface area contributed by atoms with Gasteiger partial charge in [-0.15, -0.1) is 0 Å². The maximum atomic E-state index is 11.8. The zero-order valence-electron chi connectivity index (χ0n) is 13.1. The van der Waals surface area contributed by atoms with Crippen LogP contribution >= 0.6 is 11.6 Å². The van der Waals surface area contributed by atoms with Gasteiger partial charge < -0.3 is 5.11 Å². The van der Waals surface area contributed by atoms with Crippen molar-refractivity contribution in [1.29, 1.82) is 0 Å². The number of ketones is 1. The minimum Gasteiger partial charge on any atom is -0.481 e. The van der Waals surface area contributed by atoms with E-state index in [1.165, 1.54) is 0 Å². The van der Waals surface area contributed by atoms with Gasteiger partial charge in [-0.3, -0.25) is 9.59 Å². The van der Waals surface area contributed by atoms with Crippen LogP contribution in [0, 0.1) is 0 Å². The van der Waals surface area contributed by atoms with Gasteiger partial charge in [-0.05, 0) is 35.9 Å². The maximum absolute atomic E-state index is 11.8. The lowest BCUT2D eigenvalue weighted by Crippen LogP contribution is -2.06. The molecule has 3 rings (SSSR count). The summed E-state index contributed by atoms with van der Waals surface area (Å²) >= 11 is 6.00. The topological polar surface area (TPSA) is 67.3 Å². The van der Waals surface area contributed by atoms with Crippen molar-refractivity contribution < 1.29 is 14.7 Å². The molecule has 0 amide bonds. The molecular weight excluding hydrogens is 338 g/mol. The molecule has 0 spiro atoms. The molecule has 4 nitrogen and oxygen atoms in total. The molecule has 1 aromatic heterocycles. The Bertz CT molecular complexity index is 995. The lowest BCUT2D eigenvalue weighted by Gasteiger charge is -2.01. The monoisotopic (exact) mass is 351 g/mol. The molecular formula is C20H14ClNO3. The van der Waals surface area contributed by atoms with Crippen molar-refractivity contribution in [1.82, 2.24) is 4.98 Å². The number of hydrogen-bond donors (Lipinski definition) is 1. The minimum absolute atomic E-state index is 0.378. The van der Waals surface area contributed by atoms with Gasteiger partial charge in [0.2, 0.25) is 0 Å². The van der Waals surface area contributed by atoms with Crippen molar-refractivity contribution in [3.05, 3.63) is 76.4 Å². The predicted octanol–water partition coefficient (Wildman–Crippen LogP) is 4.72. The van der Waals surface area contributed by atoms with E-state index >= 15 is 0 Å². The Labute approximate surface area is 149 Å². The molecule has 0 saturated heterocycles. The highest BCUT2D eigenvalue weighted by Crippen LogP contribution is 2.19. The van der Waals surface area contributed by atoms with Gasteiger partial charge in [0, 0.05) is 16.0 Å². The quantitative estimate of drug-likeness (QED) is 0.533. The summed E-state index contributed by atoms with van der Waals surface area (Å²) in [6.07, 6.45) is 3.15. The Morgan fingerprint density at radius 2 is 1.84 bits per heavy atom. The number of carbonyl (C=O) groups is 2. The maximum Gasteiger partial charge on any atom is 0.311 e. The molecule has 0 saturated carbocycles. The van der Waals surface area contributed by atoms with Crippen molar-refractivity contribution in [2.45, 2.75) is 6.42 Å². The molecule has 0 aliphatic rings. The highest BCUT2D eigenvalue weighted by Gasteiger charge is 2.10. The number of fused-ring (bicyclic) bond motifs is 1. The molecule has 0 radical (unpaired) electrons. The van der Waals surface area contributed by atoms with E-state index in [1.54, 1.807) is 24.3 Å². The van der Waals surface area contributed by atoms with Gasteiger partial charge in [0.25, 0.3) is 0 Å². The largest absolute Gasteiger partial charge is 0.481 e. The third-order valence-electron chi connectivity index (χ3n) is 3.64. The van der Waals surface area contributed by atoms with Crippen LogP contribution in [0.15, 0.2) is 54.6 Å². The molecule has 0 bridgehead atoms. The summed E-state index contributed by atoms with van der Waals surface area (Å²) in [4.78, 5) is 27.0. The number of aliphatic carboxylic acids is 1. The number of rotatable bonds is 5. The van der Waals surface area contributed by atoms with Crippen molar-refractivity contribution in [2.24, 2.45) is 0 Å². The third kappa shape index (κ3) is 4.31. The third-order valence-corrected chi connectivity index (χ3v) is 3.88. The fourth-order valence-corrected chi connectivity index (χ4v) is 2.60. The van der Waals surface area contributed by atoms with E-state index in [0.29, 0.717) is 10.6 Å². The Morgan fingerprint density at radius 3 is 2.64 bits per heavy atom. The van der Waals surface area contributed by atoms with Crippen molar-refractivity contribution in [3.63, 3.8) is 0 Å². The smallest absolute Gasteiger partial charge is 0.311 e. The molecule has 0 aliphatic heterocycles.